The molecule has 2 aromatic heterocycles. The van der Waals surface area contributed by atoms with Crippen molar-refractivity contribution in [2.24, 2.45) is 5.11 Å². The van der Waals surface area contributed by atoms with E-state index in [0.717, 1.165) is 0 Å². The first-order valence-corrected chi connectivity index (χ1v) is 5.91. The van der Waals surface area contributed by atoms with E-state index in [1.165, 1.54) is 17.2 Å². The Balaban J connectivity index is 2.05. The third-order valence-electron chi connectivity index (χ3n) is 3.12. The van der Waals surface area contributed by atoms with Crippen LogP contribution in [0, 0.1) is 0 Å². The molecule has 20 heavy (non-hydrogen) atoms. The van der Waals surface area contributed by atoms with E-state index in [2.05, 4.69) is 25.0 Å². The van der Waals surface area contributed by atoms with Gasteiger partial charge in [0.15, 0.2) is 17.7 Å². The topological polar surface area (TPSA) is 142 Å². The summed E-state index contributed by atoms with van der Waals surface area (Å²) >= 11 is 0. The van der Waals surface area contributed by atoms with Crippen LogP contribution in [0.1, 0.15) is 12.6 Å². The van der Waals surface area contributed by atoms with Crippen molar-refractivity contribution in [2.75, 3.05) is 6.61 Å². The smallest absolute Gasteiger partial charge is 0.165 e. The molecule has 3 rings (SSSR count). The lowest BCUT2D eigenvalue weighted by Gasteiger charge is -2.16. The molecule has 0 aliphatic carbocycles. The number of aromatic nitrogens is 4. The SMILES string of the molecule is [N-]=[N+]=Nc1ncnc2c1ncn2C1OC(CO)CC1O. The van der Waals surface area contributed by atoms with Crippen LogP contribution in [-0.4, -0.2) is 48.5 Å². The number of imidazole rings is 1. The molecule has 104 valence electrons. The van der Waals surface area contributed by atoms with Gasteiger partial charge in [0.25, 0.3) is 0 Å². The maximum Gasteiger partial charge on any atom is 0.165 e. The average molecular weight is 277 g/mol. The van der Waals surface area contributed by atoms with Crippen LogP contribution in [0.15, 0.2) is 17.8 Å². The van der Waals surface area contributed by atoms with Crippen LogP contribution in [0.4, 0.5) is 5.82 Å². The van der Waals surface area contributed by atoms with E-state index >= 15 is 0 Å². The summed E-state index contributed by atoms with van der Waals surface area (Å²) in [5.74, 6) is 0.113. The van der Waals surface area contributed by atoms with Crippen molar-refractivity contribution in [1.82, 2.24) is 19.5 Å². The van der Waals surface area contributed by atoms with Crippen molar-refractivity contribution in [1.29, 1.82) is 0 Å². The summed E-state index contributed by atoms with van der Waals surface area (Å²) in [6, 6.07) is 0. The second-order valence-corrected chi connectivity index (χ2v) is 4.35. The van der Waals surface area contributed by atoms with Crippen LogP contribution in [0.2, 0.25) is 0 Å². The van der Waals surface area contributed by atoms with Crippen LogP contribution in [0.3, 0.4) is 0 Å². The van der Waals surface area contributed by atoms with Crippen molar-refractivity contribution in [3.05, 3.63) is 23.1 Å². The van der Waals surface area contributed by atoms with E-state index in [0.29, 0.717) is 17.6 Å². The summed E-state index contributed by atoms with van der Waals surface area (Å²) in [6.45, 7) is -0.168. The van der Waals surface area contributed by atoms with Gasteiger partial charge in [0, 0.05) is 11.3 Å². The zero-order valence-corrected chi connectivity index (χ0v) is 10.2. The molecule has 3 unspecified atom stereocenters. The van der Waals surface area contributed by atoms with E-state index in [1.54, 1.807) is 0 Å². The Labute approximate surface area is 112 Å². The van der Waals surface area contributed by atoms with Crippen molar-refractivity contribution < 1.29 is 14.9 Å². The van der Waals surface area contributed by atoms with Gasteiger partial charge in [-0.05, 0) is 10.6 Å². The highest BCUT2D eigenvalue weighted by molar-refractivity contribution is 5.80. The quantitative estimate of drug-likeness (QED) is 0.472. The Morgan fingerprint density at radius 3 is 3.05 bits per heavy atom. The molecular formula is C10H11N7O3. The van der Waals surface area contributed by atoms with Crippen LogP contribution in [0.25, 0.3) is 21.6 Å². The van der Waals surface area contributed by atoms with Crippen molar-refractivity contribution in [2.45, 2.75) is 24.9 Å². The van der Waals surface area contributed by atoms with Gasteiger partial charge >= 0.3 is 0 Å². The Hall–Kier alpha value is -2.26. The normalized spacial score (nSPS) is 25.8. The maximum absolute atomic E-state index is 9.98. The fraction of sp³-hybridized carbons (Fsp3) is 0.500. The zero-order valence-electron chi connectivity index (χ0n) is 10.2. The number of hydrogen-bond donors (Lipinski definition) is 2. The van der Waals surface area contributed by atoms with E-state index in [9.17, 15) is 5.11 Å². The van der Waals surface area contributed by atoms with Gasteiger partial charge in [-0.25, -0.2) is 15.0 Å². The Bertz CT molecular complexity index is 681. The van der Waals surface area contributed by atoms with Crippen molar-refractivity contribution >= 4 is 17.0 Å². The van der Waals surface area contributed by atoms with Gasteiger partial charge in [0.05, 0.1) is 19.0 Å². The predicted molar refractivity (Wildman–Crippen MR) is 65.7 cm³/mol. The average Bonchev–Trinajstić information content (AvgIpc) is 3.03. The lowest BCUT2D eigenvalue weighted by molar-refractivity contribution is -0.0486. The molecule has 2 aromatic rings. The summed E-state index contributed by atoms with van der Waals surface area (Å²) in [6.07, 6.45) is 1.12. The molecule has 0 bridgehead atoms. The third-order valence-corrected chi connectivity index (χ3v) is 3.12. The molecule has 0 radical (unpaired) electrons. The predicted octanol–water partition coefficient (Wildman–Crippen LogP) is 0.409. The number of hydrogen-bond acceptors (Lipinski definition) is 7. The fourth-order valence-corrected chi connectivity index (χ4v) is 2.24. The van der Waals surface area contributed by atoms with Crippen LogP contribution in [-0.2, 0) is 4.74 Å². The molecule has 0 saturated carbocycles. The molecule has 2 N–H and O–H groups in total. The van der Waals surface area contributed by atoms with E-state index in [4.69, 9.17) is 15.4 Å². The number of rotatable bonds is 3. The first kappa shape index (κ1) is 12.8. The van der Waals surface area contributed by atoms with Crippen LogP contribution < -0.4 is 0 Å². The van der Waals surface area contributed by atoms with Crippen LogP contribution in [0.5, 0.6) is 0 Å². The lowest BCUT2D eigenvalue weighted by atomic mass is 10.2. The third kappa shape index (κ3) is 1.96. The summed E-state index contributed by atoms with van der Waals surface area (Å²) in [5.41, 5.74) is 9.20. The Morgan fingerprint density at radius 2 is 2.35 bits per heavy atom. The van der Waals surface area contributed by atoms with Gasteiger partial charge in [-0.1, -0.05) is 0 Å². The van der Waals surface area contributed by atoms with E-state index < -0.39 is 18.4 Å². The molecule has 0 spiro atoms. The van der Waals surface area contributed by atoms with Crippen LogP contribution >= 0.6 is 0 Å². The van der Waals surface area contributed by atoms with Crippen molar-refractivity contribution in [3.63, 3.8) is 0 Å². The van der Waals surface area contributed by atoms with Gasteiger partial charge in [-0.2, -0.15) is 0 Å². The van der Waals surface area contributed by atoms with Gasteiger partial charge in [0.2, 0.25) is 0 Å². The molecular weight excluding hydrogens is 266 g/mol. The maximum atomic E-state index is 9.98. The molecule has 0 amide bonds. The summed E-state index contributed by atoms with van der Waals surface area (Å²) < 4.78 is 7.07. The number of aliphatic hydroxyl groups excluding tert-OH is 2. The molecule has 3 heterocycles. The highest BCUT2D eigenvalue weighted by atomic mass is 16.5. The minimum atomic E-state index is -0.776. The summed E-state index contributed by atoms with van der Waals surface area (Å²) in [5, 5.41) is 22.5. The number of nitrogens with zero attached hydrogens (tertiary/aromatic N) is 7. The summed E-state index contributed by atoms with van der Waals surface area (Å²) in [4.78, 5) is 14.7. The number of ether oxygens (including phenoxy) is 1. The van der Waals surface area contributed by atoms with E-state index in [1.807, 2.05) is 0 Å². The largest absolute Gasteiger partial charge is 0.394 e. The molecule has 3 atom stereocenters. The first-order valence-electron chi connectivity index (χ1n) is 5.91. The van der Waals surface area contributed by atoms with Gasteiger partial charge in [0.1, 0.15) is 17.9 Å². The minimum Gasteiger partial charge on any atom is -0.394 e. The second-order valence-electron chi connectivity index (χ2n) is 4.35. The molecule has 0 aromatic carbocycles. The Kier molecular flexibility index (Phi) is 3.20. The number of fused-ring (bicyclic) bond motifs is 1. The monoisotopic (exact) mass is 277 g/mol. The summed E-state index contributed by atoms with van der Waals surface area (Å²) in [7, 11) is 0. The Morgan fingerprint density at radius 1 is 1.50 bits per heavy atom. The number of azide groups is 1. The van der Waals surface area contributed by atoms with Crippen molar-refractivity contribution in [3.8, 4) is 0 Å². The number of aliphatic hydroxyl groups is 2. The minimum absolute atomic E-state index is 0.113. The van der Waals surface area contributed by atoms with E-state index in [-0.39, 0.29) is 12.4 Å². The second kappa shape index (κ2) is 5.02. The lowest BCUT2D eigenvalue weighted by Crippen LogP contribution is -2.19. The van der Waals surface area contributed by atoms with Gasteiger partial charge in [-0.15, -0.1) is 0 Å². The molecule has 1 saturated heterocycles. The molecule has 1 fully saturated rings. The highest BCUT2D eigenvalue weighted by Gasteiger charge is 2.35. The molecule has 10 heteroatoms. The fourth-order valence-electron chi connectivity index (χ4n) is 2.24. The zero-order chi connectivity index (χ0) is 14.1. The standard InChI is InChI=1S/C10H11N7O3/c11-16-15-8-7-9(13-3-12-8)17(4-14-7)10-6(19)1-5(2-18)20-10/h3-6,10,18-19H,1-2H2. The van der Waals surface area contributed by atoms with Gasteiger partial charge < -0.3 is 14.9 Å². The molecule has 1 aliphatic rings. The molecule has 10 nitrogen and oxygen atoms in total. The first-order chi connectivity index (χ1) is 9.74. The molecule has 1 aliphatic heterocycles. The van der Waals surface area contributed by atoms with Gasteiger partial charge in [-0.3, -0.25) is 4.57 Å². The highest BCUT2D eigenvalue weighted by Crippen LogP contribution is 2.31.